The van der Waals surface area contributed by atoms with Crippen molar-refractivity contribution in [2.24, 2.45) is 5.84 Å². The lowest BCUT2D eigenvalue weighted by Crippen LogP contribution is -2.50. The molecule has 0 aliphatic carbocycles. The Kier molecular flexibility index (Phi) is 7.82. The van der Waals surface area contributed by atoms with Gasteiger partial charge >= 0.3 is 0 Å². The van der Waals surface area contributed by atoms with Gasteiger partial charge in [-0.1, -0.05) is 18.2 Å². The molecule has 2 amide bonds. The maximum atomic E-state index is 12.9. The molecule has 1 aliphatic rings. The molecule has 2 heterocycles. The van der Waals surface area contributed by atoms with Crippen LogP contribution >= 0.6 is 0 Å². The number of benzene rings is 1. The molecule has 11 nitrogen and oxygen atoms in total. The number of anilines is 2. The Hall–Kier alpha value is -3.54. The monoisotopic (exact) mass is 469 g/mol. The van der Waals surface area contributed by atoms with Gasteiger partial charge in [0, 0.05) is 25.0 Å². The average Bonchev–Trinajstić information content (AvgIpc) is 3.18. The molecule has 6 N–H and O–H groups in total. The summed E-state index contributed by atoms with van der Waals surface area (Å²) in [6.07, 6.45) is 1.28. The van der Waals surface area contributed by atoms with Crippen LogP contribution in [0.25, 0.3) is 0 Å². The summed E-state index contributed by atoms with van der Waals surface area (Å²) >= 11 is 0. The van der Waals surface area contributed by atoms with E-state index in [1.807, 2.05) is 6.92 Å². The van der Waals surface area contributed by atoms with E-state index in [4.69, 9.17) is 5.84 Å². The van der Waals surface area contributed by atoms with Gasteiger partial charge in [-0.25, -0.2) is 15.8 Å². The zero-order chi connectivity index (χ0) is 25.0. The third kappa shape index (κ3) is 5.16. The van der Waals surface area contributed by atoms with Crippen molar-refractivity contribution in [1.29, 1.82) is 0 Å². The second-order valence-corrected chi connectivity index (χ2v) is 8.09. The molecule has 0 radical (unpaired) electrons. The first kappa shape index (κ1) is 25.1. The molecular weight excluding hydrogens is 438 g/mol. The number of fused-ring (bicyclic) bond motifs is 1. The number of nitrogens with one attached hydrogen (secondary N) is 2. The zero-order valence-corrected chi connectivity index (χ0v) is 19.6. The van der Waals surface area contributed by atoms with Gasteiger partial charge in [0.25, 0.3) is 11.8 Å². The Bertz CT molecular complexity index is 1060. The number of hydrogen-bond acceptors (Lipinski definition) is 9. The minimum absolute atomic E-state index is 0.145. The van der Waals surface area contributed by atoms with Gasteiger partial charge in [-0.15, -0.1) is 0 Å². The predicted molar refractivity (Wildman–Crippen MR) is 127 cm³/mol. The van der Waals surface area contributed by atoms with Crippen LogP contribution in [0.2, 0.25) is 0 Å². The maximum Gasteiger partial charge on any atom is 0.255 e. The summed E-state index contributed by atoms with van der Waals surface area (Å²) in [4.78, 5) is 35.3. The molecule has 2 unspecified atom stereocenters. The average molecular weight is 470 g/mol. The number of hydrogen-bond donors (Lipinski definition) is 5. The van der Waals surface area contributed by atoms with Crippen molar-refractivity contribution in [2.45, 2.75) is 51.6 Å². The summed E-state index contributed by atoms with van der Waals surface area (Å²) < 4.78 is 0. The van der Waals surface area contributed by atoms with Crippen molar-refractivity contribution in [3.05, 3.63) is 59.6 Å². The van der Waals surface area contributed by atoms with Crippen molar-refractivity contribution < 1.29 is 19.8 Å². The summed E-state index contributed by atoms with van der Waals surface area (Å²) in [5.41, 5.74) is 2.92. The normalized spacial score (nSPS) is 17.7. The van der Waals surface area contributed by atoms with E-state index < -0.39 is 36.1 Å². The van der Waals surface area contributed by atoms with Gasteiger partial charge in [-0.05, 0) is 38.5 Å². The number of aromatic nitrogens is 2. The lowest BCUT2D eigenvalue weighted by molar-refractivity contribution is -0.155. The van der Waals surface area contributed by atoms with Gasteiger partial charge in [0.1, 0.15) is 0 Å². The van der Waals surface area contributed by atoms with E-state index in [0.717, 1.165) is 16.8 Å². The number of aliphatic hydroxyl groups excluding tert-OH is 2. The third-order valence-corrected chi connectivity index (χ3v) is 5.82. The quantitative estimate of drug-likeness (QED) is 0.278. The fourth-order valence-corrected chi connectivity index (χ4v) is 3.77. The topological polar surface area (TPSA) is 157 Å². The molecule has 0 fully saturated rings. The van der Waals surface area contributed by atoms with Crippen molar-refractivity contribution >= 4 is 23.5 Å². The second-order valence-electron chi connectivity index (χ2n) is 8.09. The fourth-order valence-electron chi connectivity index (χ4n) is 3.77. The van der Waals surface area contributed by atoms with Crippen molar-refractivity contribution in [3.63, 3.8) is 0 Å². The fraction of sp³-hybridized carbons (Fsp3) is 0.391. The van der Waals surface area contributed by atoms with Crippen LogP contribution in [0, 0.1) is 0 Å². The molecule has 11 heteroatoms. The number of aliphatic hydroxyl groups is 2. The minimum atomic E-state index is -1.93. The number of carbonyl (C=O) groups is 2. The van der Waals surface area contributed by atoms with E-state index in [1.54, 1.807) is 63.6 Å². The van der Waals surface area contributed by atoms with Crippen LogP contribution in [0.15, 0.2) is 42.7 Å². The molecule has 2 aromatic rings. The lowest BCUT2D eigenvalue weighted by Gasteiger charge is -2.27. The largest absolute Gasteiger partial charge is 0.380 e. The SMILES string of the molecule is C/C=C\N(N)c1ccc([C@@H](C)NC(=O)C(O)[C@@H](O)C(=O)N2Cc3nc(NC)ncc3C2C)cc1. The molecule has 1 aromatic carbocycles. The first-order valence-electron chi connectivity index (χ1n) is 10.9. The number of nitrogens with two attached hydrogens (primary N) is 1. The van der Waals surface area contributed by atoms with E-state index in [1.165, 1.54) is 9.91 Å². The minimum Gasteiger partial charge on any atom is -0.380 e. The molecule has 4 atom stereocenters. The molecule has 0 saturated heterocycles. The number of hydrazine groups is 1. The van der Waals surface area contributed by atoms with Crippen LogP contribution in [-0.2, 0) is 16.1 Å². The predicted octanol–water partition coefficient (Wildman–Crippen LogP) is 0.734. The van der Waals surface area contributed by atoms with Gasteiger partial charge in [0.15, 0.2) is 12.2 Å². The van der Waals surface area contributed by atoms with Crippen molar-refractivity contribution in [3.8, 4) is 0 Å². The highest BCUT2D eigenvalue weighted by atomic mass is 16.3. The standard InChI is InChI=1S/C23H31N7O4/c1-5-10-30(24)16-8-6-15(7-9-16)13(2)27-21(33)19(31)20(32)22(34)29-12-18-17(14(29)3)11-26-23(25-4)28-18/h5-11,13-14,19-20,31-32H,12,24H2,1-4H3,(H,27,33)(H,25,26,28)/b10-5-/t13-,14?,19?,20-/m1/s1. The van der Waals surface area contributed by atoms with Gasteiger partial charge < -0.3 is 25.7 Å². The van der Waals surface area contributed by atoms with E-state index in [-0.39, 0.29) is 6.54 Å². The van der Waals surface area contributed by atoms with Gasteiger partial charge in [0.05, 0.1) is 30.0 Å². The maximum absolute atomic E-state index is 12.9. The zero-order valence-electron chi connectivity index (χ0n) is 19.6. The molecular formula is C23H31N7O4. The van der Waals surface area contributed by atoms with Gasteiger partial charge in [-0.2, -0.15) is 0 Å². The van der Waals surface area contributed by atoms with Crippen LogP contribution in [0.1, 0.15) is 49.7 Å². The number of amides is 2. The van der Waals surface area contributed by atoms with E-state index in [0.29, 0.717) is 11.6 Å². The van der Waals surface area contributed by atoms with Gasteiger partial charge in [0.2, 0.25) is 5.95 Å². The third-order valence-electron chi connectivity index (χ3n) is 5.82. The number of allylic oxidation sites excluding steroid dienone is 1. The van der Waals surface area contributed by atoms with E-state index >= 15 is 0 Å². The summed E-state index contributed by atoms with van der Waals surface area (Å²) in [6, 6.07) is 6.29. The molecule has 34 heavy (non-hydrogen) atoms. The molecule has 0 bridgehead atoms. The van der Waals surface area contributed by atoms with Crippen LogP contribution in [0.3, 0.4) is 0 Å². The highest BCUT2D eigenvalue weighted by Gasteiger charge is 2.39. The first-order chi connectivity index (χ1) is 16.2. The summed E-state index contributed by atoms with van der Waals surface area (Å²) in [6.45, 7) is 5.51. The van der Waals surface area contributed by atoms with E-state index in [9.17, 15) is 19.8 Å². The van der Waals surface area contributed by atoms with Crippen LogP contribution < -0.4 is 21.5 Å². The Morgan fingerprint density at radius 2 is 1.94 bits per heavy atom. The lowest BCUT2D eigenvalue weighted by atomic mass is 10.1. The summed E-state index contributed by atoms with van der Waals surface area (Å²) in [7, 11) is 1.69. The van der Waals surface area contributed by atoms with Crippen molar-refractivity contribution in [1.82, 2.24) is 20.2 Å². The first-order valence-corrected chi connectivity index (χ1v) is 10.9. The smallest absolute Gasteiger partial charge is 0.255 e. The molecule has 182 valence electrons. The van der Waals surface area contributed by atoms with Gasteiger partial charge in [-0.3, -0.25) is 14.6 Å². The van der Waals surface area contributed by atoms with Crippen LogP contribution in [0.5, 0.6) is 0 Å². The molecule has 3 rings (SSSR count). The highest BCUT2D eigenvalue weighted by molar-refractivity contribution is 5.91. The molecule has 1 aliphatic heterocycles. The summed E-state index contributed by atoms with van der Waals surface area (Å²) in [5, 5.41) is 27.8. The van der Waals surface area contributed by atoms with Crippen LogP contribution in [-0.4, -0.2) is 56.2 Å². The molecule has 1 aromatic heterocycles. The Labute approximate surface area is 198 Å². The number of carbonyl (C=O) groups excluding carboxylic acids is 2. The van der Waals surface area contributed by atoms with Crippen molar-refractivity contribution in [2.75, 3.05) is 17.4 Å². The Morgan fingerprint density at radius 1 is 1.26 bits per heavy atom. The van der Waals surface area contributed by atoms with Crippen LogP contribution in [0.4, 0.5) is 11.6 Å². The Morgan fingerprint density at radius 3 is 2.56 bits per heavy atom. The van der Waals surface area contributed by atoms with E-state index in [2.05, 4.69) is 20.6 Å². The number of nitrogens with zero attached hydrogens (tertiary/aromatic N) is 4. The summed E-state index contributed by atoms with van der Waals surface area (Å²) in [5.74, 6) is 4.69. The number of rotatable bonds is 8. The highest BCUT2D eigenvalue weighted by Crippen LogP contribution is 2.32. The molecule has 0 saturated carbocycles. The second kappa shape index (κ2) is 10.6. The Balaban J connectivity index is 1.62. The molecule has 0 spiro atoms.